The van der Waals surface area contributed by atoms with Crippen molar-refractivity contribution < 1.29 is 14.3 Å². The number of benzene rings is 1. The van der Waals surface area contributed by atoms with Crippen molar-refractivity contribution in [2.45, 2.75) is 37.8 Å². The second-order valence-corrected chi connectivity index (χ2v) is 5.84. The molecule has 20 heavy (non-hydrogen) atoms. The number of carbonyl (C=O) groups excluding carboxylic acids is 1. The van der Waals surface area contributed by atoms with Crippen molar-refractivity contribution in [3.8, 4) is 5.75 Å². The molecule has 3 N–H and O–H groups in total. The van der Waals surface area contributed by atoms with Gasteiger partial charge in [-0.1, -0.05) is 6.07 Å². The fourth-order valence-electron chi connectivity index (χ4n) is 2.72. The number of ether oxygens (including phenoxy) is 2. The molecule has 1 aliphatic heterocycles. The van der Waals surface area contributed by atoms with Crippen LogP contribution in [-0.2, 0) is 9.53 Å². The molecule has 5 heteroatoms. The van der Waals surface area contributed by atoms with E-state index in [0.29, 0.717) is 19.4 Å². The third-order valence-corrected chi connectivity index (χ3v) is 3.67. The molecule has 110 valence electrons. The van der Waals surface area contributed by atoms with Crippen molar-refractivity contribution in [3.05, 3.63) is 24.3 Å². The molecule has 1 saturated heterocycles. The Kier molecular flexibility index (Phi) is 3.90. The zero-order valence-corrected chi connectivity index (χ0v) is 12.2. The molecule has 1 aromatic carbocycles. The summed E-state index contributed by atoms with van der Waals surface area (Å²) in [6.07, 6.45) is 1.09. The van der Waals surface area contributed by atoms with Gasteiger partial charge < -0.3 is 20.5 Å². The summed E-state index contributed by atoms with van der Waals surface area (Å²) in [6, 6.07) is 7.49. The van der Waals surface area contributed by atoms with E-state index in [1.54, 1.807) is 7.11 Å². The average molecular weight is 278 g/mol. The smallest absolute Gasteiger partial charge is 0.243 e. The molecule has 1 unspecified atom stereocenters. The molecule has 1 fully saturated rings. The number of hydrogen-bond donors (Lipinski definition) is 2. The van der Waals surface area contributed by atoms with Gasteiger partial charge in [-0.25, -0.2) is 0 Å². The third-order valence-electron chi connectivity index (χ3n) is 3.67. The lowest BCUT2D eigenvalue weighted by molar-refractivity contribution is -0.133. The number of primary amides is 1. The quantitative estimate of drug-likeness (QED) is 0.882. The summed E-state index contributed by atoms with van der Waals surface area (Å²) in [5.74, 6) is 0.387. The van der Waals surface area contributed by atoms with Crippen LogP contribution < -0.4 is 15.8 Å². The van der Waals surface area contributed by atoms with Gasteiger partial charge in [0, 0.05) is 24.6 Å². The summed E-state index contributed by atoms with van der Waals surface area (Å²) in [5.41, 5.74) is 5.31. The maximum absolute atomic E-state index is 12.0. The zero-order chi connectivity index (χ0) is 14.8. The van der Waals surface area contributed by atoms with Gasteiger partial charge >= 0.3 is 0 Å². The average Bonchev–Trinajstić information content (AvgIpc) is 2.37. The van der Waals surface area contributed by atoms with Crippen molar-refractivity contribution in [2.24, 2.45) is 5.73 Å². The highest BCUT2D eigenvalue weighted by Crippen LogP contribution is 2.35. The number of hydrogen-bond acceptors (Lipinski definition) is 4. The van der Waals surface area contributed by atoms with E-state index >= 15 is 0 Å². The summed E-state index contributed by atoms with van der Waals surface area (Å²) in [7, 11) is 1.61. The van der Waals surface area contributed by atoms with Gasteiger partial charge in [0.2, 0.25) is 5.91 Å². The first-order valence-electron chi connectivity index (χ1n) is 6.73. The Morgan fingerprint density at radius 3 is 2.80 bits per heavy atom. The molecule has 1 atom stereocenters. The van der Waals surface area contributed by atoms with Crippen LogP contribution in [0.25, 0.3) is 0 Å². The van der Waals surface area contributed by atoms with Gasteiger partial charge in [0.15, 0.2) is 0 Å². The monoisotopic (exact) mass is 278 g/mol. The Bertz CT molecular complexity index is 502. The van der Waals surface area contributed by atoms with Crippen LogP contribution in [-0.4, -0.2) is 30.8 Å². The van der Waals surface area contributed by atoms with E-state index in [1.165, 1.54) is 0 Å². The Morgan fingerprint density at radius 2 is 2.20 bits per heavy atom. The van der Waals surface area contributed by atoms with Crippen molar-refractivity contribution in [2.75, 3.05) is 19.0 Å². The lowest BCUT2D eigenvalue weighted by atomic mass is 9.80. The molecule has 0 aromatic heterocycles. The normalized spacial score (nSPS) is 24.9. The van der Waals surface area contributed by atoms with Gasteiger partial charge in [-0.3, -0.25) is 4.79 Å². The highest BCUT2D eigenvalue weighted by Gasteiger charge is 2.45. The van der Waals surface area contributed by atoms with Crippen molar-refractivity contribution >= 4 is 11.6 Å². The highest BCUT2D eigenvalue weighted by molar-refractivity contribution is 5.88. The number of anilines is 1. The second kappa shape index (κ2) is 5.32. The van der Waals surface area contributed by atoms with Crippen LogP contribution in [0, 0.1) is 0 Å². The van der Waals surface area contributed by atoms with Crippen LogP contribution in [0.15, 0.2) is 24.3 Å². The molecule has 0 saturated carbocycles. The standard InChI is InChI=1S/C15H22N2O3/c1-14(2)10-15(13(16)18,7-8-20-14)17-11-5-4-6-12(9-11)19-3/h4-6,9,17H,7-8,10H2,1-3H3,(H2,16,18). The summed E-state index contributed by atoms with van der Waals surface area (Å²) < 4.78 is 10.9. The van der Waals surface area contributed by atoms with Crippen molar-refractivity contribution in [1.29, 1.82) is 0 Å². The predicted molar refractivity (Wildman–Crippen MR) is 77.8 cm³/mol. The first-order chi connectivity index (χ1) is 9.37. The molecule has 0 aliphatic carbocycles. The van der Waals surface area contributed by atoms with E-state index in [9.17, 15) is 4.79 Å². The molecule has 0 bridgehead atoms. The topological polar surface area (TPSA) is 73.6 Å². The van der Waals surface area contributed by atoms with E-state index in [1.807, 2.05) is 38.1 Å². The summed E-state index contributed by atoms with van der Waals surface area (Å²) in [6.45, 7) is 4.45. The van der Waals surface area contributed by atoms with E-state index in [-0.39, 0.29) is 11.5 Å². The third kappa shape index (κ3) is 3.04. The molecular formula is C15H22N2O3. The number of methoxy groups -OCH3 is 1. The number of carbonyl (C=O) groups is 1. The summed E-state index contributed by atoms with van der Waals surface area (Å²) in [5, 5.41) is 3.29. The fourth-order valence-corrected chi connectivity index (χ4v) is 2.72. The van der Waals surface area contributed by atoms with Crippen LogP contribution in [0.5, 0.6) is 5.75 Å². The van der Waals surface area contributed by atoms with Crippen molar-refractivity contribution in [3.63, 3.8) is 0 Å². The molecule has 0 radical (unpaired) electrons. The maximum Gasteiger partial charge on any atom is 0.243 e. The van der Waals surface area contributed by atoms with Crippen LogP contribution in [0.1, 0.15) is 26.7 Å². The van der Waals surface area contributed by atoms with Gasteiger partial charge in [-0.05, 0) is 26.0 Å². The Balaban J connectivity index is 2.27. The fraction of sp³-hybridized carbons (Fsp3) is 0.533. The summed E-state index contributed by atoms with van der Waals surface area (Å²) in [4.78, 5) is 12.0. The first kappa shape index (κ1) is 14.7. The first-order valence-corrected chi connectivity index (χ1v) is 6.73. The SMILES string of the molecule is COc1cccc(NC2(C(N)=O)CCOC(C)(C)C2)c1. The predicted octanol–water partition coefficient (Wildman–Crippen LogP) is 1.92. The molecule has 5 nitrogen and oxygen atoms in total. The lowest BCUT2D eigenvalue weighted by Gasteiger charge is -2.43. The molecule has 1 heterocycles. The molecule has 0 spiro atoms. The second-order valence-electron chi connectivity index (χ2n) is 5.84. The van der Waals surface area contributed by atoms with Gasteiger partial charge in [-0.15, -0.1) is 0 Å². The molecular weight excluding hydrogens is 256 g/mol. The number of nitrogens with two attached hydrogens (primary N) is 1. The van der Waals surface area contributed by atoms with E-state index in [2.05, 4.69) is 5.32 Å². The maximum atomic E-state index is 12.0. The zero-order valence-electron chi connectivity index (χ0n) is 12.2. The lowest BCUT2D eigenvalue weighted by Crippen LogP contribution is -2.58. The van der Waals surface area contributed by atoms with Crippen LogP contribution in [0.2, 0.25) is 0 Å². The Morgan fingerprint density at radius 1 is 1.45 bits per heavy atom. The van der Waals surface area contributed by atoms with Crippen molar-refractivity contribution in [1.82, 2.24) is 0 Å². The number of rotatable bonds is 4. The van der Waals surface area contributed by atoms with E-state index in [0.717, 1.165) is 11.4 Å². The number of amides is 1. The van der Waals surface area contributed by atoms with E-state index < -0.39 is 5.54 Å². The van der Waals surface area contributed by atoms with Gasteiger partial charge in [0.1, 0.15) is 11.3 Å². The molecule has 1 amide bonds. The van der Waals surface area contributed by atoms with Gasteiger partial charge in [-0.2, -0.15) is 0 Å². The molecule has 1 aliphatic rings. The molecule has 1 aromatic rings. The Hall–Kier alpha value is -1.75. The van der Waals surface area contributed by atoms with Crippen LogP contribution >= 0.6 is 0 Å². The van der Waals surface area contributed by atoms with Crippen LogP contribution in [0.4, 0.5) is 5.69 Å². The summed E-state index contributed by atoms with van der Waals surface area (Å²) >= 11 is 0. The number of nitrogens with one attached hydrogen (secondary N) is 1. The van der Waals surface area contributed by atoms with Gasteiger partial charge in [0.05, 0.1) is 19.3 Å². The minimum Gasteiger partial charge on any atom is -0.497 e. The minimum absolute atomic E-state index is 0.350. The largest absolute Gasteiger partial charge is 0.497 e. The highest BCUT2D eigenvalue weighted by atomic mass is 16.5. The minimum atomic E-state index is -0.784. The van der Waals surface area contributed by atoms with Gasteiger partial charge in [0.25, 0.3) is 0 Å². The van der Waals surface area contributed by atoms with E-state index in [4.69, 9.17) is 15.2 Å². The molecule has 2 rings (SSSR count). The van der Waals surface area contributed by atoms with Crippen LogP contribution in [0.3, 0.4) is 0 Å². The Labute approximate surface area is 119 Å².